The monoisotopic (exact) mass is 284 g/mol. The van der Waals surface area contributed by atoms with Crippen molar-refractivity contribution in [2.45, 2.75) is 6.42 Å². The second-order valence-electron chi connectivity index (χ2n) is 4.93. The molecule has 1 aliphatic rings. The van der Waals surface area contributed by atoms with E-state index in [0.717, 1.165) is 35.4 Å². The van der Waals surface area contributed by atoms with Gasteiger partial charge in [-0.05, 0) is 24.1 Å². The van der Waals surface area contributed by atoms with E-state index in [2.05, 4.69) is 25.5 Å². The predicted octanol–water partition coefficient (Wildman–Crippen LogP) is 2.23. The number of hydrogen-bond donors (Lipinski definition) is 2. The van der Waals surface area contributed by atoms with Gasteiger partial charge in [0, 0.05) is 19.3 Å². The molecule has 0 fully saturated rings. The zero-order valence-electron chi connectivity index (χ0n) is 11.4. The van der Waals surface area contributed by atoms with Crippen LogP contribution >= 0.6 is 0 Å². The molecule has 0 aliphatic carbocycles. The van der Waals surface area contributed by atoms with Crippen LogP contribution in [0.25, 0.3) is 11.0 Å². The highest BCUT2D eigenvalue weighted by Gasteiger charge is 2.24. The van der Waals surface area contributed by atoms with Crippen molar-refractivity contribution in [3.63, 3.8) is 0 Å². The molecule has 7 heteroatoms. The van der Waals surface area contributed by atoms with E-state index >= 15 is 0 Å². The van der Waals surface area contributed by atoms with Crippen LogP contribution in [0.1, 0.15) is 5.56 Å². The van der Waals surface area contributed by atoms with E-state index in [1.807, 2.05) is 11.0 Å². The fourth-order valence-corrected chi connectivity index (χ4v) is 2.71. The SMILES string of the molecule is CNc1nc(N2CCc3ccc(F)cc32)c2cn[nH]c2n1. The van der Waals surface area contributed by atoms with Crippen LogP contribution in [0, 0.1) is 5.82 Å². The molecule has 0 saturated heterocycles. The van der Waals surface area contributed by atoms with E-state index in [1.165, 1.54) is 6.07 Å². The van der Waals surface area contributed by atoms with E-state index in [0.29, 0.717) is 11.6 Å². The summed E-state index contributed by atoms with van der Waals surface area (Å²) in [5.74, 6) is 1.00. The Morgan fingerprint density at radius 1 is 1.33 bits per heavy atom. The summed E-state index contributed by atoms with van der Waals surface area (Å²) in [6.07, 6.45) is 2.56. The average Bonchev–Trinajstić information content (AvgIpc) is 3.11. The molecule has 6 nitrogen and oxygen atoms in total. The second-order valence-corrected chi connectivity index (χ2v) is 4.93. The Hall–Kier alpha value is -2.70. The Bertz CT molecular complexity index is 827. The molecule has 106 valence electrons. The van der Waals surface area contributed by atoms with E-state index in [9.17, 15) is 4.39 Å². The molecule has 3 heterocycles. The van der Waals surface area contributed by atoms with Crippen molar-refractivity contribution in [2.24, 2.45) is 0 Å². The maximum Gasteiger partial charge on any atom is 0.226 e. The zero-order valence-corrected chi connectivity index (χ0v) is 11.4. The van der Waals surface area contributed by atoms with Gasteiger partial charge in [-0.3, -0.25) is 5.10 Å². The lowest BCUT2D eigenvalue weighted by molar-refractivity contribution is 0.628. The molecule has 0 amide bonds. The quantitative estimate of drug-likeness (QED) is 0.755. The lowest BCUT2D eigenvalue weighted by Crippen LogP contribution is -2.16. The van der Waals surface area contributed by atoms with Gasteiger partial charge in [0.25, 0.3) is 0 Å². The summed E-state index contributed by atoms with van der Waals surface area (Å²) in [5.41, 5.74) is 2.64. The minimum absolute atomic E-state index is 0.244. The molecular weight excluding hydrogens is 271 g/mol. The largest absolute Gasteiger partial charge is 0.357 e. The van der Waals surface area contributed by atoms with E-state index in [1.54, 1.807) is 19.3 Å². The summed E-state index contributed by atoms with van der Waals surface area (Å²) >= 11 is 0. The summed E-state index contributed by atoms with van der Waals surface area (Å²) in [6.45, 7) is 0.763. The fraction of sp³-hybridized carbons (Fsp3) is 0.214. The first-order valence-electron chi connectivity index (χ1n) is 6.71. The van der Waals surface area contributed by atoms with Crippen molar-refractivity contribution in [1.29, 1.82) is 0 Å². The second kappa shape index (κ2) is 4.41. The van der Waals surface area contributed by atoms with Crippen LogP contribution in [0.4, 0.5) is 21.8 Å². The van der Waals surface area contributed by atoms with Gasteiger partial charge in [0.2, 0.25) is 5.95 Å². The maximum atomic E-state index is 13.6. The van der Waals surface area contributed by atoms with Crippen molar-refractivity contribution in [3.8, 4) is 0 Å². The molecule has 1 aromatic carbocycles. The molecule has 0 spiro atoms. The number of halogens is 1. The zero-order chi connectivity index (χ0) is 14.4. The normalized spacial score (nSPS) is 13.7. The average molecular weight is 284 g/mol. The van der Waals surface area contributed by atoms with Gasteiger partial charge in [-0.2, -0.15) is 15.1 Å². The third-order valence-corrected chi connectivity index (χ3v) is 3.71. The fourth-order valence-electron chi connectivity index (χ4n) is 2.71. The first-order chi connectivity index (χ1) is 10.3. The highest BCUT2D eigenvalue weighted by atomic mass is 19.1. The Morgan fingerprint density at radius 3 is 3.10 bits per heavy atom. The Kier molecular flexibility index (Phi) is 2.53. The van der Waals surface area contributed by atoms with E-state index < -0.39 is 0 Å². The molecule has 0 unspecified atom stereocenters. The van der Waals surface area contributed by atoms with Crippen LogP contribution < -0.4 is 10.2 Å². The molecule has 0 radical (unpaired) electrons. The van der Waals surface area contributed by atoms with Gasteiger partial charge in [-0.15, -0.1) is 0 Å². The Morgan fingerprint density at radius 2 is 2.24 bits per heavy atom. The highest BCUT2D eigenvalue weighted by molar-refractivity contribution is 5.91. The summed E-state index contributed by atoms with van der Waals surface area (Å²) in [6, 6.07) is 4.88. The minimum atomic E-state index is -0.244. The van der Waals surface area contributed by atoms with Crippen LogP contribution in [0.5, 0.6) is 0 Å². The van der Waals surface area contributed by atoms with Crippen LogP contribution in [0.15, 0.2) is 24.4 Å². The van der Waals surface area contributed by atoms with Gasteiger partial charge < -0.3 is 10.2 Å². The van der Waals surface area contributed by atoms with Crippen molar-refractivity contribution >= 4 is 28.5 Å². The van der Waals surface area contributed by atoms with Crippen LogP contribution in [-0.4, -0.2) is 33.8 Å². The maximum absolute atomic E-state index is 13.6. The highest BCUT2D eigenvalue weighted by Crippen LogP contribution is 2.37. The summed E-state index contributed by atoms with van der Waals surface area (Å²) < 4.78 is 13.6. The Balaban J connectivity index is 1.92. The predicted molar refractivity (Wildman–Crippen MR) is 78.3 cm³/mol. The molecule has 0 bridgehead atoms. The lowest BCUT2D eigenvalue weighted by Gasteiger charge is -2.19. The number of nitrogens with zero attached hydrogens (tertiary/aromatic N) is 4. The molecule has 1 aliphatic heterocycles. The number of aromatic nitrogens is 4. The number of fused-ring (bicyclic) bond motifs is 2. The summed E-state index contributed by atoms with van der Waals surface area (Å²) in [7, 11) is 1.76. The summed E-state index contributed by atoms with van der Waals surface area (Å²) in [4.78, 5) is 10.9. The number of aromatic amines is 1. The van der Waals surface area contributed by atoms with Gasteiger partial charge in [-0.25, -0.2) is 4.39 Å². The van der Waals surface area contributed by atoms with E-state index in [-0.39, 0.29) is 5.82 Å². The molecule has 0 saturated carbocycles. The van der Waals surface area contributed by atoms with Gasteiger partial charge >= 0.3 is 0 Å². The number of nitrogens with one attached hydrogen (secondary N) is 2. The first-order valence-corrected chi connectivity index (χ1v) is 6.71. The third-order valence-electron chi connectivity index (χ3n) is 3.71. The first kappa shape index (κ1) is 12.1. The van der Waals surface area contributed by atoms with Crippen LogP contribution in [-0.2, 0) is 6.42 Å². The Labute approximate surface area is 120 Å². The minimum Gasteiger partial charge on any atom is -0.357 e. The third kappa shape index (κ3) is 1.81. The topological polar surface area (TPSA) is 69.7 Å². The van der Waals surface area contributed by atoms with Crippen molar-refractivity contribution < 1.29 is 4.39 Å². The van der Waals surface area contributed by atoms with Gasteiger partial charge in [0.1, 0.15) is 11.6 Å². The number of benzene rings is 1. The van der Waals surface area contributed by atoms with Crippen molar-refractivity contribution in [3.05, 3.63) is 35.8 Å². The van der Waals surface area contributed by atoms with Gasteiger partial charge in [0.05, 0.1) is 11.6 Å². The number of H-pyrrole nitrogens is 1. The molecule has 3 aromatic rings. The van der Waals surface area contributed by atoms with Crippen molar-refractivity contribution in [2.75, 3.05) is 23.8 Å². The molecular formula is C14H13FN6. The smallest absolute Gasteiger partial charge is 0.226 e. The van der Waals surface area contributed by atoms with E-state index in [4.69, 9.17) is 0 Å². The number of hydrogen-bond acceptors (Lipinski definition) is 5. The lowest BCUT2D eigenvalue weighted by atomic mass is 10.2. The van der Waals surface area contributed by atoms with Crippen molar-refractivity contribution in [1.82, 2.24) is 20.2 Å². The molecule has 2 N–H and O–H groups in total. The van der Waals surface area contributed by atoms with Crippen LogP contribution in [0.3, 0.4) is 0 Å². The van der Waals surface area contributed by atoms with Crippen LogP contribution in [0.2, 0.25) is 0 Å². The number of rotatable bonds is 2. The standard InChI is InChI=1S/C14H13FN6/c1-16-14-18-12-10(7-17-20-12)13(19-14)21-5-4-8-2-3-9(15)6-11(8)21/h2-3,6-7H,4-5H2,1H3,(H2,16,17,18,19,20). The number of anilines is 3. The molecule has 21 heavy (non-hydrogen) atoms. The van der Waals surface area contributed by atoms with Gasteiger partial charge in [0.15, 0.2) is 5.65 Å². The molecule has 4 rings (SSSR count). The molecule has 0 atom stereocenters. The molecule has 2 aromatic heterocycles. The summed E-state index contributed by atoms with van der Waals surface area (Å²) in [5, 5.41) is 10.6. The van der Waals surface area contributed by atoms with Gasteiger partial charge in [-0.1, -0.05) is 6.07 Å².